The van der Waals surface area contributed by atoms with Gasteiger partial charge >= 0.3 is 0 Å². The van der Waals surface area contributed by atoms with Gasteiger partial charge in [0.2, 0.25) is 0 Å². The van der Waals surface area contributed by atoms with Gasteiger partial charge in [-0.3, -0.25) is 4.98 Å². The van der Waals surface area contributed by atoms with Crippen LogP contribution in [0.3, 0.4) is 0 Å². The largest absolute Gasteiger partial charge is 0.399 e. The smallest absolute Gasteiger partial charge is 0.106 e. The third-order valence-electron chi connectivity index (χ3n) is 2.57. The lowest BCUT2D eigenvalue weighted by atomic mass is 10.0. The van der Waals surface area contributed by atoms with Crippen molar-refractivity contribution < 1.29 is 4.84 Å². The van der Waals surface area contributed by atoms with Gasteiger partial charge in [0.05, 0.1) is 5.71 Å². The van der Waals surface area contributed by atoms with Gasteiger partial charge in [0.1, 0.15) is 7.11 Å². The van der Waals surface area contributed by atoms with E-state index in [1.807, 2.05) is 18.2 Å². The third kappa shape index (κ3) is 3.69. The Morgan fingerprint density at radius 2 is 2.16 bits per heavy atom. The molecule has 0 fully saturated rings. The van der Waals surface area contributed by atoms with Gasteiger partial charge in [0.25, 0.3) is 0 Å². The van der Waals surface area contributed by atoms with E-state index in [9.17, 15) is 0 Å². The Bertz CT molecular complexity index is 585. The molecule has 0 aliphatic heterocycles. The molecule has 0 atom stereocenters. The molecule has 0 bridgehead atoms. The number of halogens is 2. The normalized spacial score (nSPS) is 11.4. The maximum atomic E-state index is 6.17. The van der Waals surface area contributed by atoms with E-state index in [2.05, 4.69) is 10.1 Å². The van der Waals surface area contributed by atoms with Crippen LogP contribution in [0, 0.1) is 0 Å². The van der Waals surface area contributed by atoms with Crippen LogP contribution < -0.4 is 0 Å². The quantitative estimate of drug-likeness (QED) is 0.631. The number of aromatic nitrogens is 1. The molecule has 0 aliphatic carbocycles. The lowest BCUT2D eigenvalue weighted by Gasteiger charge is -2.07. The van der Waals surface area contributed by atoms with Crippen LogP contribution in [0.5, 0.6) is 0 Å². The van der Waals surface area contributed by atoms with Crippen molar-refractivity contribution in [2.75, 3.05) is 7.11 Å². The fourth-order valence-electron chi connectivity index (χ4n) is 1.68. The highest BCUT2D eigenvalue weighted by Gasteiger charge is 2.09. The average Bonchev–Trinajstić information content (AvgIpc) is 2.42. The lowest BCUT2D eigenvalue weighted by molar-refractivity contribution is 0.213. The van der Waals surface area contributed by atoms with Gasteiger partial charge in [-0.15, -0.1) is 0 Å². The summed E-state index contributed by atoms with van der Waals surface area (Å²) in [6, 6.07) is 9.17. The summed E-state index contributed by atoms with van der Waals surface area (Å²) in [5.74, 6) is 0. The predicted octanol–water partition coefficient (Wildman–Crippen LogP) is 3.98. The Balaban J connectivity index is 2.30. The molecule has 2 rings (SSSR count). The minimum atomic E-state index is 0.551. The molecule has 0 saturated heterocycles. The number of hydrogen-bond donors (Lipinski definition) is 0. The number of nitrogens with zero attached hydrogens (tertiary/aromatic N) is 2. The van der Waals surface area contributed by atoms with Crippen molar-refractivity contribution >= 4 is 28.9 Å². The Hall–Kier alpha value is -1.58. The van der Waals surface area contributed by atoms with Crippen LogP contribution >= 0.6 is 23.2 Å². The monoisotopic (exact) mass is 294 g/mol. The standard InChI is InChI=1S/C14H12Cl2N2O/c1-19-18-14(11-3-2-6-17-9-11)7-10-4-5-12(15)8-13(10)16/h2-6,8-9H,7H2,1H3/b18-14+. The molecular weight excluding hydrogens is 283 g/mol. The fourth-order valence-corrected chi connectivity index (χ4v) is 2.15. The molecule has 0 spiro atoms. The maximum absolute atomic E-state index is 6.17. The van der Waals surface area contributed by atoms with E-state index in [-0.39, 0.29) is 0 Å². The zero-order valence-corrected chi connectivity index (χ0v) is 11.8. The molecule has 98 valence electrons. The molecule has 2 aromatic rings. The molecule has 0 radical (unpaired) electrons. The topological polar surface area (TPSA) is 34.5 Å². The van der Waals surface area contributed by atoms with Gasteiger partial charge in [0, 0.05) is 34.4 Å². The van der Waals surface area contributed by atoms with Gasteiger partial charge in [-0.1, -0.05) is 34.4 Å². The summed E-state index contributed by atoms with van der Waals surface area (Å²) in [5.41, 5.74) is 2.60. The summed E-state index contributed by atoms with van der Waals surface area (Å²) >= 11 is 12.0. The molecular formula is C14H12Cl2N2O. The van der Waals surface area contributed by atoms with Crippen LogP contribution in [0.2, 0.25) is 10.0 Å². The van der Waals surface area contributed by atoms with Crippen molar-refractivity contribution in [2.24, 2.45) is 5.16 Å². The summed E-state index contributed by atoms with van der Waals surface area (Å²) in [7, 11) is 1.51. The zero-order chi connectivity index (χ0) is 13.7. The number of benzene rings is 1. The summed E-state index contributed by atoms with van der Waals surface area (Å²) in [6.45, 7) is 0. The molecule has 1 aromatic carbocycles. The molecule has 0 N–H and O–H groups in total. The second kappa shape index (κ2) is 6.55. The van der Waals surface area contributed by atoms with E-state index >= 15 is 0 Å². The van der Waals surface area contributed by atoms with Crippen LogP contribution in [0.15, 0.2) is 47.9 Å². The molecule has 5 heteroatoms. The lowest BCUT2D eigenvalue weighted by Crippen LogP contribution is -2.07. The highest BCUT2D eigenvalue weighted by molar-refractivity contribution is 6.35. The molecule has 0 unspecified atom stereocenters. The Kier molecular flexibility index (Phi) is 4.77. The second-order valence-corrected chi connectivity index (χ2v) is 4.72. The van der Waals surface area contributed by atoms with Crippen molar-refractivity contribution in [3.05, 3.63) is 63.9 Å². The second-order valence-electron chi connectivity index (χ2n) is 3.87. The van der Waals surface area contributed by atoms with E-state index in [0.29, 0.717) is 16.5 Å². The first-order chi connectivity index (χ1) is 9.20. The van der Waals surface area contributed by atoms with Crippen molar-refractivity contribution in [1.29, 1.82) is 0 Å². The summed E-state index contributed by atoms with van der Waals surface area (Å²) < 4.78 is 0. The predicted molar refractivity (Wildman–Crippen MR) is 77.9 cm³/mol. The third-order valence-corrected chi connectivity index (χ3v) is 3.16. The SMILES string of the molecule is CO/N=C(\Cc1ccc(Cl)cc1Cl)c1cccnc1. The maximum Gasteiger partial charge on any atom is 0.106 e. The summed E-state index contributed by atoms with van der Waals surface area (Å²) in [4.78, 5) is 8.96. The summed E-state index contributed by atoms with van der Waals surface area (Å²) in [6.07, 6.45) is 4.00. The number of oxime groups is 1. The van der Waals surface area contributed by atoms with Gasteiger partial charge in [0.15, 0.2) is 0 Å². The van der Waals surface area contributed by atoms with E-state index in [0.717, 1.165) is 16.8 Å². The number of rotatable bonds is 4. The Morgan fingerprint density at radius 3 is 2.79 bits per heavy atom. The van der Waals surface area contributed by atoms with Gasteiger partial charge in [-0.25, -0.2) is 0 Å². The molecule has 0 amide bonds. The van der Waals surface area contributed by atoms with E-state index in [1.165, 1.54) is 7.11 Å². The van der Waals surface area contributed by atoms with Crippen molar-refractivity contribution in [2.45, 2.75) is 6.42 Å². The highest BCUT2D eigenvalue weighted by atomic mass is 35.5. The molecule has 0 saturated carbocycles. The van der Waals surface area contributed by atoms with Crippen LogP contribution in [0.25, 0.3) is 0 Å². The van der Waals surface area contributed by atoms with Crippen molar-refractivity contribution in [3.8, 4) is 0 Å². The highest BCUT2D eigenvalue weighted by Crippen LogP contribution is 2.22. The Morgan fingerprint density at radius 1 is 1.32 bits per heavy atom. The molecule has 19 heavy (non-hydrogen) atoms. The average molecular weight is 295 g/mol. The first-order valence-corrected chi connectivity index (χ1v) is 6.40. The molecule has 1 aromatic heterocycles. The van der Waals surface area contributed by atoms with Crippen LogP contribution in [0.4, 0.5) is 0 Å². The van der Waals surface area contributed by atoms with E-state index < -0.39 is 0 Å². The fraction of sp³-hybridized carbons (Fsp3) is 0.143. The van der Waals surface area contributed by atoms with Crippen molar-refractivity contribution in [1.82, 2.24) is 4.98 Å². The van der Waals surface area contributed by atoms with E-state index in [1.54, 1.807) is 24.5 Å². The first kappa shape index (κ1) is 13.8. The minimum Gasteiger partial charge on any atom is -0.399 e. The number of pyridine rings is 1. The van der Waals surface area contributed by atoms with Gasteiger partial charge in [-0.05, 0) is 29.8 Å². The van der Waals surface area contributed by atoms with Gasteiger partial charge < -0.3 is 4.84 Å². The molecule has 3 nitrogen and oxygen atoms in total. The number of hydrogen-bond acceptors (Lipinski definition) is 3. The Labute approximate surface area is 121 Å². The first-order valence-electron chi connectivity index (χ1n) is 5.65. The molecule has 0 aliphatic rings. The zero-order valence-electron chi connectivity index (χ0n) is 10.3. The molecule has 1 heterocycles. The van der Waals surface area contributed by atoms with Crippen LogP contribution in [-0.4, -0.2) is 17.8 Å². The van der Waals surface area contributed by atoms with Crippen LogP contribution in [-0.2, 0) is 11.3 Å². The summed E-state index contributed by atoms with van der Waals surface area (Å²) in [5, 5.41) is 5.26. The van der Waals surface area contributed by atoms with Crippen molar-refractivity contribution in [3.63, 3.8) is 0 Å². The van der Waals surface area contributed by atoms with Crippen LogP contribution in [0.1, 0.15) is 11.1 Å². The van der Waals surface area contributed by atoms with Gasteiger partial charge in [-0.2, -0.15) is 0 Å². The minimum absolute atomic E-state index is 0.551. The van der Waals surface area contributed by atoms with E-state index in [4.69, 9.17) is 28.0 Å².